The van der Waals surface area contributed by atoms with E-state index in [2.05, 4.69) is 23.9 Å². The van der Waals surface area contributed by atoms with Crippen molar-refractivity contribution in [2.24, 2.45) is 5.73 Å². The molecule has 0 aromatic heterocycles. The molecule has 0 heterocycles. The van der Waals surface area contributed by atoms with Gasteiger partial charge in [0.25, 0.3) is 0 Å². The number of rotatable bonds is 1. The number of nitrogens with two attached hydrogens (primary N) is 1. The topological polar surface area (TPSA) is 52.3 Å². The Bertz CT molecular complexity index is 96.7. The van der Waals surface area contributed by atoms with E-state index in [1.807, 2.05) is 0 Å². The number of carbonyl (C=O) groups excluding carboxylic acids is 1. The van der Waals surface area contributed by atoms with Gasteiger partial charge in [0.15, 0.2) is 0 Å². The van der Waals surface area contributed by atoms with E-state index in [0.717, 1.165) is 0 Å². The standard InChI is InChI=1S/C4H8NO2.Pd/c1-3(5)7-4(2)6;/h5H2,1-2H3;. The van der Waals surface area contributed by atoms with E-state index in [-0.39, 0.29) is 5.97 Å². The molecule has 0 fully saturated rings. The first-order valence-corrected chi connectivity index (χ1v) is 2.84. The molecule has 0 radical (unpaired) electrons. The predicted octanol–water partition coefficient (Wildman–Crippen LogP) is -0.271. The molecule has 0 amide bonds. The first-order valence-electron chi connectivity index (χ1n) is 2.06. The van der Waals surface area contributed by atoms with E-state index < -0.39 is 4.20 Å². The van der Waals surface area contributed by atoms with E-state index in [9.17, 15) is 4.79 Å². The Labute approximate surface area is 59.0 Å². The van der Waals surface area contributed by atoms with Crippen LogP contribution in [0.25, 0.3) is 0 Å². The summed E-state index contributed by atoms with van der Waals surface area (Å²) in [5, 5.41) is 0. The average Bonchev–Trinajstić information content (AvgIpc) is 1.21. The van der Waals surface area contributed by atoms with Gasteiger partial charge in [-0.15, -0.1) is 0 Å². The summed E-state index contributed by atoms with van der Waals surface area (Å²) < 4.78 is 3.53. The zero-order valence-corrected chi connectivity index (χ0v) is 6.26. The zero-order chi connectivity index (χ0) is 6.78. The van der Waals surface area contributed by atoms with Crippen molar-refractivity contribution in [3.8, 4) is 0 Å². The summed E-state index contributed by atoms with van der Waals surface area (Å²) in [5.41, 5.74) is 5.23. The number of hydrogen-bond acceptors (Lipinski definition) is 3. The molecule has 4 heteroatoms. The van der Waals surface area contributed by atoms with E-state index in [4.69, 9.17) is 5.73 Å². The molecule has 0 saturated heterocycles. The van der Waals surface area contributed by atoms with Crippen LogP contribution in [0, 0.1) is 0 Å². The van der Waals surface area contributed by atoms with Gasteiger partial charge >= 0.3 is 58.5 Å². The zero-order valence-electron chi connectivity index (χ0n) is 4.71. The molecular weight excluding hydrogens is 200 g/mol. The minimum absolute atomic E-state index is 0.387. The van der Waals surface area contributed by atoms with Gasteiger partial charge in [0.05, 0.1) is 0 Å². The normalized spacial score (nSPS) is 17.1. The number of ether oxygens (including phenoxy) is 1. The molecule has 3 nitrogen and oxygen atoms in total. The van der Waals surface area contributed by atoms with Crippen molar-refractivity contribution in [2.45, 2.75) is 18.0 Å². The van der Waals surface area contributed by atoms with E-state index in [1.54, 1.807) is 6.92 Å². The molecule has 0 aliphatic heterocycles. The van der Waals surface area contributed by atoms with Crippen LogP contribution in [0.15, 0.2) is 0 Å². The summed E-state index contributed by atoms with van der Waals surface area (Å²) in [6.07, 6.45) is 0. The second-order valence-corrected chi connectivity index (χ2v) is 3.06. The van der Waals surface area contributed by atoms with Crippen LogP contribution in [-0.2, 0) is 28.7 Å². The Morgan fingerprint density at radius 2 is 2.25 bits per heavy atom. The average molecular weight is 209 g/mol. The summed E-state index contributed by atoms with van der Waals surface area (Å²) in [6.45, 7) is 2.86. The number of carbonyl (C=O) groups is 1. The van der Waals surface area contributed by atoms with Gasteiger partial charge in [-0.25, -0.2) is 0 Å². The van der Waals surface area contributed by atoms with Gasteiger partial charge in [-0.3, -0.25) is 0 Å². The van der Waals surface area contributed by atoms with Gasteiger partial charge in [-0.1, -0.05) is 0 Å². The van der Waals surface area contributed by atoms with Crippen molar-refractivity contribution in [1.29, 1.82) is 0 Å². The maximum atomic E-state index is 10.1. The van der Waals surface area contributed by atoms with Crippen molar-refractivity contribution in [3.05, 3.63) is 0 Å². The number of esters is 1. The van der Waals surface area contributed by atoms with Crippen molar-refractivity contribution in [2.75, 3.05) is 0 Å². The van der Waals surface area contributed by atoms with Gasteiger partial charge in [-0.05, 0) is 0 Å². The van der Waals surface area contributed by atoms with Crippen molar-refractivity contribution in [1.82, 2.24) is 0 Å². The second-order valence-electron chi connectivity index (χ2n) is 1.52. The molecule has 8 heavy (non-hydrogen) atoms. The molecule has 0 bridgehead atoms. The van der Waals surface area contributed by atoms with Crippen LogP contribution in [0.2, 0.25) is 0 Å². The summed E-state index contributed by atoms with van der Waals surface area (Å²) in [6, 6.07) is 0. The molecule has 51 valence electrons. The van der Waals surface area contributed by atoms with Crippen LogP contribution < -0.4 is 5.73 Å². The SMILES string of the molecule is CC(=O)O[C](C)(N)[Pd]. The summed E-state index contributed by atoms with van der Waals surface area (Å²) >= 11 is 2.65. The molecule has 0 aromatic rings. The monoisotopic (exact) mass is 208 g/mol. The third-order valence-corrected chi connectivity index (χ3v) is 0.496. The predicted molar refractivity (Wildman–Crippen MR) is 24.4 cm³/mol. The Balaban J connectivity index is 3.55. The molecule has 0 spiro atoms. The first kappa shape index (κ1) is 8.09. The fraction of sp³-hybridized carbons (Fsp3) is 0.750. The van der Waals surface area contributed by atoms with E-state index in [0.29, 0.717) is 0 Å². The van der Waals surface area contributed by atoms with Crippen LogP contribution in [0.1, 0.15) is 13.8 Å². The van der Waals surface area contributed by atoms with Crippen LogP contribution >= 0.6 is 0 Å². The molecule has 0 aliphatic carbocycles. The van der Waals surface area contributed by atoms with Crippen LogP contribution in [0.5, 0.6) is 0 Å². The van der Waals surface area contributed by atoms with Gasteiger partial charge in [0.1, 0.15) is 0 Å². The van der Waals surface area contributed by atoms with Gasteiger partial charge in [-0.2, -0.15) is 0 Å². The molecule has 0 saturated carbocycles. The fourth-order valence-electron chi connectivity index (χ4n) is 0.272. The number of hydrogen-bond donors (Lipinski definition) is 1. The van der Waals surface area contributed by atoms with E-state index in [1.165, 1.54) is 6.92 Å². The molecule has 1 unspecified atom stereocenters. The van der Waals surface area contributed by atoms with E-state index >= 15 is 0 Å². The molecule has 1 atom stereocenters. The summed E-state index contributed by atoms with van der Waals surface area (Å²) in [7, 11) is 0. The quantitative estimate of drug-likeness (QED) is 0.367. The Hall–Kier alpha value is 0.0923. The first-order chi connectivity index (χ1) is 3.42. The molecule has 2 N–H and O–H groups in total. The van der Waals surface area contributed by atoms with Gasteiger partial charge in [0, 0.05) is 0 Å². The Kier molecular flexibility index (Phi) is 2.61. The molecule has 0 aliphatic rings. The van der Waals surface area contributed by atoms with Gasteiger partial charge in [0.2, 0.25) is 0 Å². The summed E-state index contributed by atoms with van der Waals surface area (Å²) in [4.78, 5) is 10.1. The van der Waals surface area contributed by atoms with Crippen LogP contribution in [0.4, 0.5) is 0 Å². The Morgan fingerprint density at radius 3 is 2.25 bits per heavy atom. The van der Waals surface area contributed by atoms with Crippen molar-refractivity contribution in [3.63, 3.8) is 0 Å². The van der Waals surface area contributed by atoms with Crippen LogP contribution in [0.3, 0.4) is 0 Å². The van der Waals surface area contributed by atoms with Crippen molar-refractivity contribution >= 4 is 5.97 Å². The maximum absolute atomic E-state index is 10.1. The molecule has 0 rings (SSSR count). The van der Waals surface area contributed by atoms with Crippen molar-refractivity contribution < 1.29 is 28.7 Å². The minimum atomic E-state index is -0.978. The third-order valence-electron chi connectivity index (χ3n) is 0.337. The third kappa shape index (κ3) is 6.09. The van der Waals surface area contributed by atoms with Gasteiger partial charge < -0.3 is 0 Å². The molecule has 0 aromatic carbocycles. The second kappa shape index (κ2) is 2.58. The Morgan fingerprint density at radius 1 is 1.88 bits per heavy atom. The fourth-order valence-corrected chi connectivity index (χ4v) is 0.496. The molecular formula is C4H8NO2Pd. The summed E-state index contributed by atoms with van der Waals surface area (Å²) in [5.74, 6) is -0.387. The van der Waals surface area contributed by atoms with Crippen LogP contribution in [-0.4, -0.2) is 10.2 Å².